The lowest BCUT2D eigenvalue weighted by molar-refractivity contribution is -0.123. The number of nitrogens with one attached hydrogen (secondary N) is 1. The van der Waals surface area contributed by atoms with Crippen molar-refractivity contribution in [3.8, 4) is 5.75 Å². The van der Waals surface area contributed by atoms with Gasteiger partial charge in [0.1, 0.15) is 5.65 Å². The molecule has 0 bridgehead atoms. The third-order valence-electron chi connectivity index (χ3n) is 3.31. The van der Waals surface area contributed by atoms with Gasteiger partial charge < -0.3 is 14.5 Å². The molecule has 23 heavy (non-hydrogen) atoms. The molecule has 1 N–H and O–H groups in total. The summed E-state index contributed by atoms with van der Waals surface area (Å²) in [6.45, 7) is 0.232. The maximum absolute atomic E-state index is 13.3. The average molecular weight is 313 g/mol. The summed E-state index contributed by atoms with van der Waals surface area (Å²) in [5, 5.41) is 2.73. The molecule has 0 radical (unpaired) electrons. The number of carbonyl (C=O) groups is 1. The van der Waals surface area contributed by atoms with Gasteiger partial charge in [0.25, 0.3) is 5.91 Å². The fraction of sp³-hybridized carbons (Fsp3) is 0.176. The van der Waals surface area contributed by atoms with E-state index >= 15 is 0 Å². The molecule has 1 aromatic carbocycles. The number of amides is 1. The first kappa shape index (κ1) is 15.0. The third kappa shape index (κ3) is 3.85. The summed E-state index contributed by atoms with van der Waals surface area (Å²) in [7, 11) is 0. The van der Waals surface area contributed by atoms with E-state index in [-0.39, 0.29) is 18.3 Å². The summed E-state index contributed by atoms with van der Waals surface area (Å²) in [5.74, 6) is -0.704. The van der Waals surface area contributed by atoms with Crippen molar-refractivity contribution in [3.05, 3.63) is 66.4 Å². The molecular weight excluding hydrogens is 297 g/mol. The minimum atomic E-state index is -0.481. The molecule has 118 valence electrons. The van der Waals surface area contributed by atoms with E-state index in [1.54, 1.807) is 12.1 Å². The van der Waals surface area contributed by atoms with Crippen LogP contribution in [-0.4, -0.2) is 28.4 Å². The number of pyridine rings is 1. The van der Waals surface area contributed by atoms with Crippen LogP contribution >= 0.6 is 0 Å². The van der Waals surface area contributed by atoms with Crippen LogP contribution in [-0.2, 0) is 11.2 Å². The van der Waals surface area contributed by atoms with Crippen molar-refractivity contribution in [1.29, 1.82) is 0 Å². The molecule has 0 saturated heterocycles. The Labute approximate surface area is 132 Å². The Kier molecular flexibility index (Phi) is 4.52. The molecule has 2 heterocycles. The molecule has 0 spiro atoms. The Bertz CT molecular complexity index is 783. The third-order valence-corrected chi connectivity index (χ3v) is 3.31. The van der Waals surface area contributed by atoms with Crippen LogP contribution in [0.3, 0.4) is 0 Å². The van der Waals surface area contributed by atoms with E-state index in [9.17, 15) is 9.18 Å². The first-order valence-electron chi connectivity index (χ1n) is 7.29. The molecule has 0 atom stereocenters. The second-order valence-electron chi connectivity index (χ2n) is 5.02. The summed E-state index contributed by atoms with van der Waals surface area (Å²) in [5.41, 5.74) is 1.77. The molecule has 5 nitrogen and oxygen atoms in total. The van der Waals surface area contributed by atoms with E-state index in [2.05, 4.69) is 10.3 Å². The van der Waals surface area contributed by atoms with Gasteiger partial charge in [-0.05, 0) is 24.3 Å². The van der Waals surface area contributed by atoms with E-state index in [4.69, 9.17) is 4.74 Å². The van der Waals surface area contributed by atoms with Crippen molar-refractivity contribution in [2.75, 3.05) is 13.2 Å². The topological polar surface area (TPSA) is 55.6 Å². The number of benzene rings is 1. The lowest BCUT2D eigenvalue weighted by Crippen LogP contribution is -2.30. The molecule has 0 saturated carbocycles. The number of halogens is 1. The smallest absolute Gasteiger partial charge is 0.257 e. The highest BCUT2D eigenvalue weighted by Gasteiger charge is 2.06. The second-order valence-corrected chi connectivity index (χ2v) is 5.02. The molecule has 0 aliphatic carbocycles. The van der Waals surface area contributed by atoms with Gasteiger partial charge >= 0.3 is 0 Å². The summed E-state index contributed by atoms with van der Waals surface area (Å²) in [6, 6.07) is 11.8. The number of imidazole rings is 1. The normalized spacial score (nSPS) is 10.7. The molecule has 6 heteroatoms. The lowest BCUT2D eigenvalue weighted by atomic mass is 10.3. The Morgan fingerprint density at radius 2 is 2.04 bits per heavy atom. The van der Waals surface area contributed by atoms with Crippen molar-refractivity contribution in [1.82, 2.24) is 14.7 Å². The van der Waals surface area contributed by atoms with Crippen LogP contribution in [0.1, 0.15) is 5.69 Å². The maximum atomic E-state index is 13.3. The van der Waals surface area contributed by atoms with Gasteiger partial charge in [0.15, 0.2) is 18.2 Å². The van der Waals surface area contributed by atoms with Crippen molar-refractivity contribution < 1.29 is 13.9 Å². The fourth-order valence-corrected chi connectivity index (χ4v) is 2.19. The van der Waals surface area contributed by atoms with E-state index in [0.717, 1.165) is 11.3 Å². The number of hydrogen-bond donors (Lipinski definition) is 1. The monoisotopic (exact) mass is 313 g/mol. The van der Waals surface area contributed by atoms with Crippen LogP contribution in [0.4, 0.5) is 4.39 Å². The van der Waals surface area contributed by atoms with Gasteiger partial charge in [-0.2, -0.15) is 0 Å². The van der Waals surface area contributed by atoms with Gasteiger partial charge in [-0.25, -0.2) is 9.37 Å². The predicted octanol–water partition coefficient (Wildman–Crippen LogP) is 2.21. The van der Waals surface area contributed by atoms with E-state index in [1.165, 1.54) is 12.1 Å². The standard InChI is InChI=1S/C17H16FN3O2/c18-14-5-1-2-6-15(14)23-12-17(22)19-9-8-13-11-21-10-4-3-7-16(21)20-13/h1-7,10-11H,8-9,12H2,(H,19,22). The zero-order valence-corrected chi connectivity index (χ0v) is 12.4. The van der Waals surface area contributed by atoms with Gasteiger partial charge in [-0.1, -0.05) is 18.2 Å². The Balaban J connectivity index is 1.45. The highest BCUT2D eigenvalue weighted by molar-refractivity contribution is 5.77. The molecule has 3 aromatic rings. The average Bonchev–Trinajstić information content (AvgIpc) is 2.97. The molecule has 0 aliphatic rings. The first-order valence-corrected chi connectivity index (χ1v) is 7.29. The molecule has 3 rings (SSSR count). The minimum Gasteiger partial charge on any atom is -0.481 e. The van der Waals surface area contributed by atoms with Gasteiger partial charge in [0.05, 0.1) is 5.69 Å². The lowest BCUT2D eigenvalue weighted by Gasteiger charge is -2.07. The van der Waals surface area contributed by atoms with Gasteiger partial charge in [0.2, 0.25) is 0 Å². The zero-order chi connectivity index (χ0) is 16.1. The highest BCUT2D eigenvalue weighted by Crippen LogP contribution is 2.14. The Morgan fingerprint density at radius 3 is 2.87 bits per heavy atom. The largest absolute Gasteiger partial charge is 0.481 e. The SMILES string of the molecule is O=C(COc1ccccc1F)NCCc1cn2ccccc2n1. The number of hydrogen-bond acceptors (Lipinski definition) is 3. The van der Waals surface area contributed by atoms with Crippen LogP contribution in [0, 0.1) is 5.82 Å². The number of ether oxygens (including phenoxy) is 1. The quantitative estimate of drug-likeness (QED) is 0.759. The van der Waals surface area contributed by atoms with Crippen LogP contribution in [0.15, 0.2) is 54.9 Å². The molecule has 0 aliphatic heterocycles. The summed E-state index contributed by atoms with van der Waals surface area (Å²) >= 11 is 0. The predicted molar refractivity (Wildman–Crippen MR) is 83.8 cm³/mol. The number of rotatable bonds is 6. The number of nitrogens with zero attached hydrogens (tertiary/aromatic N) is 2. The number of fused-ring (bicyclic) bond motifs is 1. The zero-order valence-electron chi connectivity index (χ0n) is 12.4. The molecule has 0 unspecified atom stereocenters. The fourth-order valence-electron chi connectivity index (χ4n) is 2.19. The molecular formula is C17H16FN3O2. The van der Waals surface area contributed by atoms with Crippen LogP contribution in [0.5, 0.6) is 5.75 Å². The van der Waals surface area contributed by atoms with Gasteiger partial charge in [-0.15, -0.1) is 0 Å². The van der Waals surface area contributed by atoms with Gasteiger partial charge in [0, 0.05) is 25.4 Å². The van der Waals surface area contributed by atoms with Crippen LogP contribution in [0.2, 0.25) is 0 Å². The van der Waals surface area contributed by atoms with Crippen LogP contribution < -0.4 is 10.1 Å². The Morgan fingerprint density at radius 1 is 1.22 bits per heavy atom. The van der Waals surface area contributed by atoms with E-state index in [0.29, 0.717) is 13.0 Å². The van der Waals surface area contributed by atoms with Crippen LogP contribution in [0.25, 0.3) is 5.65 Å². The molecule has 0 fully saturated rings. The van der Waals surface area contributed by atoms with Crippen molar-refractivity contribution in [2.45, 2.75) is 6.42 Å². The Hall–Kier alpha value is -2.89. The summed E-state index contributed by atoms with van der Waals surface area (Å²) in [4.78, 5) is 16.2. The first-order chi connectivity index (χ1) is 11.2. The molecule has 1 amide bonds. The summed E-state index contributed by atoms with van der Waals surface area (Å²) < 4.78 is 20.4. The highest BCUT2D eigenvalue weighted by atomic mass is 19.1. The second kappa shape index (κ2) is 6.91. The molecule has 2 aromatic heterocycles. The number of para-hydroxylation sites is 1. The number of carbonyl (C=O) groups excluding carboxylic acids is 1. The number of aromatic nitrogens is 2. The van der Waals surface area contributed by atoms with E-state index in [1.807, 2.05) is 35.0 Å². The van der Waals surface area contributed by atoms with Crippen molar-refractivity contribution >= 4 is 11.6 Å². The van der Waals surface area contributed by atoms with Crippen molar-refractivity contribution in [3.63, 3.8) is 0 Å². The van der Waals surface area contributed by atoms with Gasteiger partial charge in [-0.3, -0.25) is 4.79 Å². The summed E-state index contributed by atoms with van der Waals surface area (Å²) in [6.07, 6.45) is 4.47. The van der Waals surface area contributed by atoms with Crippen molar-refractivity contribution in [2.24, 2.45) is 0 Å². The van der Waals surface area contributed by atoms with E-state index < -0.39 is 5.82 Å². The minimum absolute atomic E-state index is 0.0722. The maximum Gasteiger partial charge on any atom is 0.257 e.